The van der Waals surface area contributed by atoms with Crippen LogP contribution in [0.1, 0.15) is 29.0 Å². The van der Waals surface area contributed by atoms with Crippen LogP contribution in [0.15, 0.2) is 17.1 Å². The van der Waals surface area contributed by atoms with Crippen molar-refractivity contribution in [3.63, 3.8) is 0 Å². The van der Waals surface area contributed by atoms with Gasteiger partial charge in [-0.25, -0.2) is 4.98 Å². The summed E-state index contributed by atoms with van der Waals surface area (Å²) in [6.07, 6.45) is -0.205. The summed E-state index contributed by atoms with van der Waals surface area (Å²) in [6, 6.07) is 0.549. The van der Waals surface area contributed by atoms with Gasteiger partial charge in [0, 0.05) is 11.1 Å². The van der Waals surface area contributed by atoms with Crippen LogP contribution in [-0.2, 0) is 30.4 Å². The SMILES string of the molecule is O=C(Cn1cc(C(F)(F)F)cc(Cl)c1=O)Nc1nc2c(s1)CCCC2. The molecule has 1 amide bonds. The molecule has 5 nitrogen and oxygen atoms in total. The number of nitrogens with one attached hydrogen (secondary N) is 1. The summed E-state index contributed by atoms with van der Waals surface area (Å²) < 4.78 is 39.1. The maximum atomic E-state index is 12.8. The van der Waals surface area contributed by atoms with E-state index in [0.29, 0.717) is 22.0 Å². The predicted octanol–water partition coefficient (Wildman–Crippen LogP) is 3.49. The number of hydrogen-bond donors (Lipinski definition) is 1. The van der Waals surface area contributed by atoms with Crippen molar-refractivity contribution >= 4 is 34.0 Å². The molecule has 0 atom stereocenters. The Morgan fingerprint density at radius 1 is 1.36 bits per heavy atom. The lowest BCUT2D eigenvalue weighted by Crippen LogP contribution is -2.29. The third kappa shape index (κ3) is 4.04. The van der Waals surface area contributed by atoms with Crippen LogP contribution in [0, 0.1) is 0 Å². The van der Waals surface area contributed by atoms with Crippen molar-refractivity contribution in [2.75, 3.05) is 5.32 Å². The Bertz CT molecular complexity index is 852. The molecule has 3 rings (SSSR count). The van der Waals surface area contributed by atoms with Gasteiger partial charge < -0.3 is 9.88 Å². The monoisotopic (exact) mass is 391 g/mol. The first-order valence-electron chi connectivity index (χ1n) is 7.49. The third-order valence-corrected chi connectivity index (χ3v) is 5.12. The van der Waals surface area contributed by atoms with Crippen molar-refractivity contribution in [3.05, 3.63) is 43.8 Å². The Morgan fingerprint density at radius 3 is 2.76 bits per heavy atom. The fraction of sp³-hybridized carbons (Fsp3) is 0.400. The Kier molecular flexibility index (Phi) is 4.88. The maximum absolute atomic E-state index is 12.8. The van der Waals surface area contributed by atoms with Gasteiger partial charge in [0.25, 0.3) is 5.56 Å². The zero-order valence-electron chi connectivity index (χ0n) is 12.8. The molecule has 10 heteroatoms. The number of thiazole rings is 1. The summed E-state index contributed by atoms with van der Waals surface area (Å²) in [5, 5.41) is 2.34. The van der Waals surface area contributed by atoms with E-state index in [1.807, 2.05) is 0 Å². The van der Waals surface area contributed by atoms with Gasteiger partial charge in [-0.1, -0.05) is 11.6 Å². The van der Waals surface area contributed by atoms with Crippen LogP contribution < -0.4 is 10.9 Å². The number of rotatable bonds is 3. The van der Waals surface area contributed by atoms with Gasteiger partial charge in [0.05, 0.1) is 11.3 Å². The molecule has 2 aromatic heterocycles. The van der Waals surface area contributed by atoms with Gasteiger partial charge in [-0.05, 0) is 31.7 Å². The fourth-order valence-electron chi connectivity index (χ4n) is 2.59. The van der Waals surface area contributed by atoms with E-state index < -0.39 is 34.8 Å². The van der Waals surface area contributed by atoms with Crippen molar-refractivity contribution in [1.82, 2.24) is 9.55 Å². The number of anilines is 1. The van der Waals surface area contributed by atoms with Crippen LogP contribution >= 0.6 is 22.9 Å². The number of aryl methyl sites for hydroxylation is 2. The van der Waals surface area contributed by atoms with Gasteiger partial charge >= 0.3 is 6.18 Å². The molecular weight excluding hydrogens is 379 g/mol. The zero-order chi connectivity index (χ0) is 18.2. The summed E-state index contributed by atoms with van der Waals surface area (Å²) in [7, 11) is 0. The molecule has 0 fully saturated rings. The summed E-state index contributed by atoms with van der Waals surface area (Å²) in [4.78, 5) is 29.4. The van der Waals surface area contributed by atoms with Crippen molar-refractivity contribution < 1.29 is 18.0 Å². The average Bonchev–Trinajstić information content (AvgIpc) is 2.92. The summed E-state index contributed by atoms with van der Waals surface area (Å²) in [5.41, 5.74) is -0.997. The van der Waals surface area contributed by atoms with E-state index in [1.54, 1.807) is 0 Å². The summed E-state index contributed by atoms with van der Waals surface area (Å²) in [6.45, 7) is -0.577. The lowest BCUT2D eigenvalue weighted by molar-refractivity contribution is -0.138. The highest BCUT2D eigenvalue weighted by Gasteiger charge is 2.32. The number of pyridine rings is 1. The Balaban J connectivity index is 1.78. The normalized spacial score (nSPS) is 14.2. The minimum absolute atomic E-state index is 0.392. The maximum Gasteiger partial charge on any atom is 0.417 e. The van der Waals surface area contributed by atoms with Crippen LogP contribution in [0.5, 0.6) is 0 Å². The van der Waals surface area contributed by atoms with Gasteiger partial charge in [0.15, 0.2) is 5.13 Å². The largest absolute Gasteiger partial charge is 0.417 e. The van der Waals surface area contributed by atoms with E-state index in [1.165, 1.54) is 11.3 Å². The van der Waals surface area contributed by atoms with E-state index in [-0.39, 0.29) is 0 Å². The number of alkyl halides is 3. The Morgan fingerprint density at radius 2 is 2.08 bits per heavy atom. The number of hydrogen-bond acceptors (Lipinski definition) is 4. The molecule has 25 heavy (non-hydrogen) atoms. The van der Waals surface area contributed by atoms with Gasteiger partial charge in [-0.2, -0.15) is 13.2 Å². The first kappa shape index (κ1) is 17.9. The Hall–Kier alpha value is -1.87. The summed E-state index contributed by atoms with van der Waals surface area (Å²) in [5.74, 6) is -0.636. The highest BCUT2D eigenvalue weighted by atomic mass is 35.5. The van der Waals surface area contributed by atoms with Crippen molar-refractivity contribution in [2.45, 2.75) is 38.4 Å². The number of amides is 1. The molecule has 1 aliphatic carbocycles. The van der Waals surface area contributed by atoms with Crippen LogP contribution in [0.4, 0.5) is 18.3 Å². The number of halogens is 4. The number of fused-ring (bicyclic) bond motifs is 1. The minimum Gasteiger partial charge on any atom is -0.304 e. The van der Waals surface area contributed by atoms with E-state index in [9.17, 15) is 22.8 Å². The topological polar surface area (TPSA) is 64.0 Å². The van der Waals surface area contributed by atoms with Gasteiger partial charge in [-0.3, -0.25) is 9.59 Å². The third-order valence-electron chi connectivity index (χ3n) is 3.78. The number of nitrogens with zero attached hydrogens (tertiary/aromatic N) is 2. The molecule has 0 bridgehead atoms. The minimum atomic E-state index is -4.66. The highest BCUT2D eigenvalue weighted by molar-refractivity contribution is 7.15. The molecule has 1 aliphatic rings. The molecule has 0 aliphatic heterocycles. The second-order valence-corrected chi connectivity index (χ2v) is 7.14. The van der Waals surface area contributed by atoms with E-state index >= 15 is 0 Å². The number of aromatic nitrogens is 2. The Labute approximate surface area is 149 Å². The van der Waals surface area contributed by atoms with Crippen LogP contribution in [0.3, 0.4) is 0 Å². The van der Waals surface area contributed by atoms with Crippen LogP contribution in [0.2, 0.25) is 5.02 Å². The molecule has 0 spiro atoms. The zero-order valence-corrected chi connectivity index (χ0v) is 14.4. The second-order valence-electron chi connectivity index (χ2n) is 5.65. The molecule has 2 heterocycles. The van der Waals surface area contributed by atoms with E-state index in [2.05, 4.69) is 10.3 Å². The number of carbonyl (C=O) groups excluding carboxylic acids is 1. The average molecular weight is 392 g/mol. The van der Waals surface area contributed by atoms with Crippen molar-refractivity contribution in [1.29, 1.82) is 0 Å². The van der Waals surface area contributed by atoms with Crippen LogP contribution in [-0.4, -0.2) is 15.5 Å². The smallest absolute Gasteiger partial charge is 0.304 e. The molecule has 1 N–H and O–H groups in total. The van der Waals surface area contributed by atoms with Gasteiger partial charge in [-0.15, -0.1) is 11.3 Å². The highest BCUT2D eigenvalue weighted by Crippen LogP contribution is 2.30. The predicted molar refractivity (Wildman–Crippen MR) is 88.1 cm³/mol. The van der Waals surface area contributed by atoms with Crippen molar-refractivity contribution in [2.24, 2.45) is 0 Å². The number of carbonyl (C=O) groups is 1. The molecule has 0 saturated carbocycles. The quantitative estimate of drug-likeness (QED) is 0.871. The first-order chi connectivity index (χ1) is 11.7. The molecule has 0 radical (unpaired) electrons. The van der Waals surface area contributed by atoms with Crippen LogP contribution in [0.25, 0.3) is 0 Å². The second kappa shape index (κ2) is 6.80. The molecule has 134 valence electrons. The standard InChI is InChI=1S/C15H13ClF3N3O2S/c16-9-5-8(15(17,18)19)6-22(13(9)24)7-12(23)21-14-20-10-3-1-2-4-11(10)25-14/h5-6H,1-4,7H2,(H,20,21,23). The lowest BCUT2D eigenvalue weighted by Gasteiger charge is -2.11. The van der Waals surface area contributed by atoms with Gasteiger partial charge in [0.1, 0.15) is 11.6 Å². The fourth-order valence-corrected chi connectivity index (χ4v) is 3.88. The molecule has 0 unspecified atom stereocenters. The first-order valence-corrected chi connectivity index (χ1v) is 8.69. The molecular formula is C15H13ClF3N3O2S. The van der Waals surface area contributed by atoms with E-state index in [0.717, 1.165) is 36.3 Å². The summed E-state index contributed by atoms with van der Waals surface area (Å²) >= 11 is 6.91. The van der Waals surface area contributed by atoms with Crippen molar-refractivity contribution in [3.8, 4) is 0 Å². The molecule has 2 aromatic rings. The molecule has 0 aromatic carbocycles. The molecule has 0 saturated heterocycles. The van der Waals surface area contributed by atoms with Gasteiger partial charge in [0.2, 0.25) is 5.91 Å². The van der Waals surface area contributed by atoms with E-state index in [4.69, 9.17) is 11.6 Å². The lowest BCUT2D eigenvalue weighted by atomic mass is 10.0.